The van der Waals surface area contributed by atoms with Crippen molar-refractivity contribution in [2.24, 2.45) is 5.73 Å². The van der Waals surface area contributed by atoms with Crippen LogP contribution < -0.4 is 5.73 Å². The van der Waals surface area contributed by atoms with Gasteiger partial charge in [0.2, 0.25) is 0 Å². The van der Waals surface area contributed by atoms with Gasteiger partial charge in [-0.25, -0.2) is 14.0 Å². The maximum absolute atomic E-state index is 11.3. The molecule has 3 atom stereocenters. The number of nitrogens with zero attached hydrogens (tertiary/aromatic N) is 1. The molecule has 1 fully saturated rings. The van der Waals surface area contributed by atoms with Gasteiger partial charge in [-0.1, -0.05) is 0 Å². The number of rotatable bonds is 3. The van der Waals surface area contributed by atoms with Crippen molar-refractivity contribution in [1.29, 1.82) is 0 Å². The molecule has 4 N–H and O–H groups in total. The topological polar surface area (TPSA) is 130 Å². The van der Waals surface area contributed by atoms with Crippen LogP contribution >= 0.6 is 7.75 Å². The molecule has 20 heavy (non-hydrogen) atoms. The normalized spacial score (nSPS) is 25.1. The summed E-state index contributed by atoms with van der Waals surface area (Å²) in [5.41, 5.74) is 5.37. The Labute approximate surface area is 111 Å². The average molecular weight is 322 g/mol. The first-order valence-corrected chi connectivity index (χ1v) is 6.75. The van der Waals surface area contributed by atoms with Crippen LogP contribution in [0.4, 0.5) is 13.2 Å². The third-order valence-electron chi connectivity index (χ3n) is 2.23. The molecule has 1 saturated heterocycles. The summed E-state index contributed by atoms with van der Waals surface area (Å²) < 4.78 is 48.5. The number of carbonyl (C=O) groups excluding carboxylic acids is 1. The molecule has 0 saturated carbocycles. The molecule has 0 aromatic heterocycles. The monoisotopic (exact) mass is 322 g/mol. The Hall–Kier alpha value is -1.16. The van der Waals surface area contributed by atoms with E-state index in [1.807, 2.05) is 0 Å². The third-order valence-corrected chi connectivity index (χ3v) is 3.93. The molecule has 0 radical (unpaired) electrons. The van der Waals surface area contributed by atoms with Crippen LogP contribution in [0.1, 0.15) is 13.8 Å². The highest BCUT2D eigenvalue weighted by Gasteiger charge is 2.51. The van der Waals surface area contributed by atoms with Crippen LogP contribution in [0.3, 0.4) is 0 Å². The van der Waals surface area contributed by atoms with E-state index in [1.165, 1.54) is 0 Å². The molecule has 1 aliphatic heterocycles. The number of hydrogen-bond donors (Lipinski definition) is 3. The summed E-state index contributed by atoms with van der Waals surface area (Å²) in [5, 5.41) is 7.12. The Kier molecular flexibility index (Phi) is 6.15. The van der Waals surface area contributed by atoms with Crippen LogP contribution in [0.5, 0.6) is 0 Å². The molecule has 118 valence electrons. The van der Waals surface area contributed by atoms with Crippen molar-refractivity contribution in [3.8, 4) is 0 Å². The smallest absolute Gasteiger partial charge is 0.475 e. The number of carbonyl (C=O) groups is 2. The standard InChI is InChI=1S/C6H13N2O4P.C2HF3O2/c1-3-12-13(10,11)8-4(2)5(7)6(8)9;3-2(4,5)1(6)7/h4-5H,3,7H2,1-2H3,(H,10,11);(H,6,7)/t4-,5-;/m0./s1. The van der Waals surface area contributed by atoms with E-state index in [4.69, 9.17) is 15.6 Å². The number of nitrogens with two attached hydrogens (primary N) is 1. The summed E-state index contributed by atoms with van der Waals surface area (Å²) in [6.45, 7) is 3.27. The quantitative estimate of drug-likeness (QED) is 0.503. The molecule has 0 bridgehead atoms. The lowest BCUT2D eigenvalue weighted by atomic mass is 10.0. The number of alkyl halides is 3. The maximum atomic E-state index is 11.3. The van der Waals surface area contributed by atoms with Crippen LogP contribution in [0.2, 0.25) is 0 Å². The second-order valence-corrected chi connectivity index (χ2v) is 5.33. The largest absolute Gasteiger partial charge is 0.490 e. The Morgan fingerprint density at radius 2 is 1.95 bits per heavy atom. The van der Waals surface area contributed by atoms with Crippen LogP contribution in [0.15, 0.2) is 0 Å². The minimum absolute atomic E-state index is 0.0829. The number of carboxylic acids is 1. The molecule has 0 aromatic carbocycles. The highest BCUT2D eigenvalue weighted by molar-refractivity contribution is 7.51. The molecular weight excluding hydrogens is 308 g/mol. The maximum Gasteiger partial charge on any atom is 0.490 e. The zero-order chi connectivity index (χ0) is 16.3. The van der Waals surface area contributed by atoms with Crippen molar-refractivity contribution in [1.82, 2.24) is 4.67 Å². The first-order chi connectivity index (χ1) is 8.86. The van der Waals surface area contributed by atoms with E-state index in [2.05, 4.69) is 4.52 Å². The van der Waals surface area contributed by atoms with Crippen molar-refractivity contribution in [3.63, 3.8) is 0 Å². The Morgan fingerprint density at radius 1 is 1.55 bits per heavy atom. The van der Waals surface area contributed by atoms with E-state index in [0.717, 1.165) is 4.67 Å². The average Bonchev–Trinajstić information content (AvgIpc) is 2.27. The predicted octanol–water partition coefficient (Wildman–Crippen LogP) is 0.315. The SMILES string of the molecule is CCOP(=O)(O)N1C(=O)[C@@H](N)[C@@H]1C.O=C(O)C(F)(F)F. The fraction of sp³-hybridized carbons (Fsp3) is 0.750. The predicted molar refractivity (Wildman–Crippen MR) is 59.4 cm³/mol. The number of hydrogen-bond acceptors (Lipinski definition) is 5. The van der Waals surface area contributed by atoms with E-state index in [9.17, 15) is 27.4 Å². The van der Waals surface area contributed by atoms with Gasteiger partial charge in [0, 0.05) is 0 Å². The van der Waals surface area contributed by atoms with E-state index < -0.39 is 37.9 Å². The molecule has 0 aromatic rings. The molecule has 1 rings (SSSR count). The number of amides is 1. The first-order valence-electron chi connectivity index (χ1n) is 5.22. The lowest BCUT2D eigenvalue weighted by molar-refractivity contribution is -0.192. The van der Waals surface area contributed by atoms with Crippen LogP contribution in [-0.2, 0) is 18.7 Å². The van der Waals surface area contributed by atoms with Gasteiger partial charge in [0.1, 0.15) is 6.04 Å². The van der Waals surface area contributed by atoms with Gasteiger partial charge in [-0.2, -0.15) is 13.2 Å². The minimum Gasteiger partial charge on any atom is -0.475 e. The molecule has 0 spiro atoms. The number of carboxylic acid groups (broad SMARTS) is 1. The lowest BCUT2D eigenvalue weighted by Gasteiger charge is -2.43. The van der Waals surface area contributed by atoms with Gasteiger partial charge in [-0.05, 0) is 13.8 Å². The molecule has 8 nitrogen and oxygen atoms in total. The Bertz CT molecular complexity index is 429. The molecule has 0 aliphatic carbocycles. The van der Waals surface area contributed by atoms with Crippen molar-refractivity contribution < 1.29 is 41.8 Å². The fourth-order valence-corrected chi connectivity index (χ4v) is 2.66. The van der Waals surface area contributed by atoms with Gasteiger partial charge >= 0.3 is 19.9 Å². The van der Waals surface area contributed by atoms with Crippen LogP contribution in [0, 0.1) is 0 Å². The van der Waals surface area contributed by atoms with Gasteiger partial charge in [-0.15, -0.1) is 0 Å². The van der Waals surface area contributed by atoms with Crippen LogP contribution in [-0.4, -0.2) is 51.4 Å². The Balaban J connectivity index is 0.000000441. The van der Waals surface area contributed by atoms with Crippen molar-refractivity contribution >= 4 is 19.6 Å². The van der Waals surface area contributed by atoms with E-state index in [-0.39, 0.29) is 6.61 Å². The second kappa shape index (κ2) is 6.53. The number of β-lactam (4-membered cyclic amide) rings is 1. The molecule has 1 amide bonds. The summed E-state index contributed by atoms with van der Waals surface area (Å²) in [5.74, 6) is -3.29. The zero-order valence-electron chi connectivity index (χ0n) is 10.5. The van der Waals surface area contributed by atoms with Gasteiger partial charge < -0.3 is 15.7 Å². The summed E-state index contributed by atoms with van der Waals surface area (Å²) in [7, 11) is -3.94. The van der Waals surface area contributed by atoms with E-state index in [1.54, 1.807) is 13.8 Å². The van der Waals surface area contributed by atoms with E-state index >= 15 is 0 Å². The summed E-state index contributed by atoms with van der Waals surface area (Å²) >= 11 is 0. The van der Waals surface area contributed by atoms with Crippen molar-refractivity contribution in [2.45, 2.75) is 32.1 Å². The number of halogens is 3. The van der Waals surface area contributed by atoms with Gasteiger partial charge in [0.05, 0.1) is 12.6 Å². The van der Waals surface area contributed by atoms with E-state index in [0.29, 0.717) is 0 Å². The highest BCUT2D eigenvalue weighted by Crippen LogP contribution is 2.51. The summed E-state index contributed by atoms with van der Waals surface area (Å²) in [6.07, 6.45) is -5.08. The third kappa shape index (κ3) is 4.44. The molecular formula is C8H14F3N2O6P. The van der Waals surface area contributed by atoms with Gasteiger partial charge in [0.15, 0.2) is 0 Å². The lowest BCUT2D eigenvalue weighted by Crippen LogP contribution is -2.65. The second-order valence-electron chi connectivity index (χ2n) is 3.66. The summed E-state index contributed by atoms with van der Waals surface area (Å²) in [4.78, 5) is 29.3. The minimum atomic E-state index is -5.08. The Morgan fingerprint density at radius 3 is 2.20 bits per heavy atom. The molecule has 1 heterocycles. The molecule has 1 unspecified atom stereocenters. The van der Waals surface area contributed by atoms with Gasteiger partial charge in [-0.3, -0.25) is 9.32 Å². The highest BCUT2D eigenvalue weighted by atomic mass is 31.2. The van der Waals surface area contributed by atoms with Gasteiger partial charge in [0.25, 0.3) is 5.91 Å². The summed E-state index contributed by atoms with van der Waals surface area (Å²) in [6, 6.07) is -1.11. The fourth-order valence-electron chi connectivity index (χ4n) is 1.21. The van der Waals surface area contributed by atoms with Crippen molar-refractivity contribution in [2.75, 3.05) is 6.61 Å². The molecule has 1 aliphatic rings. The van der Waals surface area contributed by atoms with Crippen molar-refractivity contribution in [3.05, 3.63) is 0 Å². The molecule has 12 heteroatoms. The van der Waals surface area contributed by atoms with Crippen LogP contribution in [0.25, 0.3) is 0 Å². The first kappa shape index (κ1) is 18.8. The number of aliphatic carboxylic acids is 1. The zero-order valence-corrected chi connectivity index (χ0v) is 11.4.